The summed E-state index contributed by atoms with van der Waals surface area (Å²) in [5.74, 6) is 0.324. The van der Waals surface area contributed by atoms with Gasteiger partial charge < -0.3 is 10.4 Å². The summed E-state index contributed by atoms with van der Waals surface area (Å²) in [6.45, 7) is 8.87. The summed E-state index contributed by atoms with van der Waals surface area (Å²) in [6, 6.07) is 13.8. The third-order valence-corrected chi connectivity index (χ3v) is 5.48. The molecule has 0 aliphatic heterocycles. The average molecular weight is 462 g/mol. The topological polar surface area (TPSA) is 66.2 Å². The second-order valence-corrected chi connectivity index (χ2v) is 7.34. The van der Waals surface area contributed by atoms with Gasteiger partial charge >= 0.3 is 0 Å². The van der Waals surface area contributed by atoms with E-state index in [1.54, 1.807) is 6.07 Å². The van der Waals surface area contributed by atoms with Crippen molar-refractivity contribution < 1.29 is 5.11 Å². The molecule has 2 N–H and O–H groups in total. The number of pyridine rings is 1. The van der Waals surface area contributed by atoms with Crippen molar-refractivity contribution in [3.8, 4) is 5.75 Å². The first-order chi connectivity index (χ1) is 14.0. The van der Waals surface area contributed by atoms with E-state index in [9.17, 15) is 5.11 Å². The van der Waals surface area contributed by atoms with Gasteiger partial charge in [0.05, 0.1) is 22.3 Å². The average Bonchev–Trinajstić information content (AvgIpc) is 3.01. The minimum absolute atomic E-state index is 0. The molecule has 2 aromatic heterocycles. The molecule has 0 aliphatic carbocycles. The van der Waals surface area contributed by atoms with E-state index in [2.05, 4.69) is 35.2 Å². The number of fused-ring (bicyclic) bond motifs is 2. The van der Waals surface area contributed by atoms with Crippen LogP contribution < -0.4 is 5.32 Å². The van der Waals surface area contributed by atoms with Crippen molar-refractivity contribution >= 4 is 58.1 Å². The summed E-state index contributed by atoms with van der Waals surface area (Å²) in [5.41, 5.74) is 5.56. The highest BCUT2D eigenvalue weighted by molar-refractivity contribution is 6.08. The lowest BCUT2D eigenvalue weighted by Gasteiger charge is -2.19. The zero-order valence-corrected chi connectivity index (χ0v) is 19.8. The Labute approximate surface area is 195 Å². The van der Waals surface area contributed by atoms with Crippen molar-refractivity contribution in [1.29, 1.82) is 0 Å². The highest BCUT2D eigenvalue weighted by Crippen LogP contribution is 2.35. The van der Waals surface area contributed by atoms with Crippen LogP contribution in [0.2, 0.25) is 0 Å². The fourth-order valence-corrected chi connectivity index (χ4v) is 3.85. The van der Waals surface area contributed by atoms with Gasteiger partial charge in [0.25, 0.3) is 0 Å². The fourth-order valence-electron chi connectivity index (χ4n) is 3.85. The van der Waals surface area contributed by atoms with Crippen molar-refractivity contribution in [2.24, 2.45) is 7.05 Å². The molecule has 0 spiro atoms. The first-order valence-electron chi connectivity index (χ1n) is 10.0. The van der Waals surface area contributed by atoms with Crippen LogP contribution in [-0.4, -0.2) is 37.9 Å². The van der Waals surface area contributed by atoms with E-state index < -0.39 is 0 Å². The zero-order chi connectivity index (χ0) is 20.5. The Morgan fingerprint density at radius 1 is 1.06 bits per heavy atom. The number of halogens is 2. The fraction of sp³-hybridized carbons (Fsp3) is 0.304. The van der Waals surface area contributed by atoms with Crippen LogP contribution in [0.3, 0.4) is 0 Å². The van der Waals surface area contributed by atoms with Crippen molar-refractivity contribution in [1.82, 2.24) is 19.7 Å². The predicted octanol–water partition coefficient (Wildman–Crippen LogP) is 5.56. The Balaban J connectivity index is 0.00000171. The summed E-state index contributed by atoms with van der Waals surface area (Å²) in [5, 5.41) is 20.6. The molecule has 31 heavy (non-hydrogen) atoms. The van der Waals surface area contributed by atoms with Crippen LogP contribution in [0.5, 0.6) is 5.75 Å². The van der Waals surface area contributed by atoms with Crippen LogP contribution in [0.15, 0.2) is 42.5 Å². The lowest BCUT2D eigenvalue weighted by Crippen LogP contribution is -2.22. The van der Waals surface area contributed by atoms with E-state index in [-0.39, 0.29) is 24.8 Å². The molecule has 0 bridgehead atoms. The first-order valence-corrected chi connectivity index (χ1v) is 10.0. The van der Waals surface area contributed by atoms with E-state index in [1.165, 1.54) is 0 Å². The lowest BCUT2D eigenvalue weighted by atomic mass is 10.1. The Morgan fingerprint density at radius 3 is 2.48 bits per heavy atom. The van der Waals surface area contributed by atoms with Gasteiger partial charge in [0.1, 0.15) is 5.75 Å². The van der Waals surface area contributed by atoms with Gasteiger partial charge in [-0.15, -0.1) is 24.8 Å². The standard InChI is InChI=1S/C23H27N5O.2ClH/c1-5-28(6-2)14-16-13-17(11-12-20(16)29)24-22-18-9-7-8-10-19(18)25-23-21(22)15(3)26-27(23)4;;/h7-13,29H,5-6,14H2,1-4H3,(H,24,25);2*1H. The number of anilines is 2. The van der Waals surface area contributed by atoms with Crippen LogP contribution in [0.1, 0.15) is 25.1 Å². The number of phenols is 1. The molecule has 0 fully saturated rings. The highest BCUT2D eigenvalue weighted by Gasteiger charge is 2.16. The van der Waals surface area contributed by atoms with E-state index in [4.69, 9.17) is 4.98 Å². The molecule has 0 atom stereocenters. The molecule has 4 aromatic rings. The van der Waals surface area contributed by atoms with Crippen molar-refractivity contribution in [3.63, 3.8) is 0 Å². The summed E-state index contributed by atoms with van der Waals surface area (Å²) >= 11 is 0. The smallest absolute Gasteiger partial charge is 0.160 e. The SMILES string of the molecule is CCN(CC)Cc1cc(Nc2c3ccccc3nc3c2c(C)nn3C)ccc1O.Cl.Cl. The van der Waals surface area contributed by atoms with Gasteiger partial charge in [-0.1, -0.05) is 32.0 Å². The van der Waals surface area contributed by atoms with Crippen LogP contribution in [-0.2, 0) is 13.6 Å². The van der Waals surface area contributed by atoms with Gasteiger partial charge in [0.2, 0.25) is 0 Å². The minimum atomic E-state index is 0. The Morgan fingerprint density at radius 2 is 1.77 bits per heavy atom. The summed E-state index contributed by atoms with van der Waals surface area (Å²) in [4.78, 5) is 7.09. The third kappa shape index (κ3) is 4.71. The van der Waals surface area contributed by atoms with Gasteiger partial charge in [-0.25, -0.2) is 4.98 Å². The summed E-state index contributed by atoms with van der Waals surface area (Å²) < 4.78 is 1.82. The van der Waals surface area contributed by atoms with Crippen LogP contribution in [0, 0.1) is 6.92 Å². The summed E-state index contributed by atoms with van der Waals surface area (Å²) in [6.07, 6.45) is 0. The maximum atomic E-state index is 10.4. The summed E-state index contributed by atoms with van der Waals surface area (Å²) in [7, 11) is 1.92. The second kappa shape index (κ2) is 10.2. The zero-order valence-electron chi connectivity index (χ0n) is 18.2. The van der Waals surface area contributed by atoms with E-state index >= 15 is 0 Å². The number of hydrogen-bond donors (Lipinski definition) is 2. The number of nitrogens with zero attached hydrogens (tertiary/aromatic N) is 4. The van der Waals surface area contributed by atoms with Crippen molar-refractivity contribution in [2.75, 3.05) is 18.4 Å². The molecule has 0 aliphatic rings. The number of para-hydroxylation sites is 1. The number of aromatic hydroxyl groups is 1. The molecule has 0 amide bonds. The Bertz CT molecular complexity index is 1190. The molecule has 0 saturated heterocycles. The van der Waals surface area contributed by atoms with Crippen molar-refractivity contribution in [3.05, 3.63) is 53.7 Å². The number of hydrogen-bond acceptors (Lipinski definition) is 5. The normalized spacial score (nSPS) is 10.9. The number of phenolic OH excluding ortho intramolecular Hbond substituents is 1. The number of aromatic nitrogens is 3. The second-order valence-electron chi connectivity index (χ2n) is 7.34. The quantitative estimate of drug-likeness (QED) is 0.367. The molecule has 8 heteroatoms. The molecule has 4 rings (SSSR count). The van der Waals surface area contributed by atoms with Crippen LogP contribution in [0.25, 0.3) is 21.9 Å². The van der Waals surface area contributed by atoms with Crippen LogP contribution >= 0.6 is 24.8 Å². The highest BCUT2D eigenvalue weighted by atomic mass is 35.5. The Hall–Kier alpha value is -2.54. The molecular formula is C23H29Cl2N5O. The van der Waals surface area contributed by atoms with E-state index in [0.717, 1.165) is 57.7 Å². The van der Waals surface area contributed by atoms with Crippen molar-refractivity contribution in [2.45, 2.75) is 27.3 Å². The van der Waals surface area contributed by atoms with E-state index in [1.807, 2.05) is 49.0 Å². The third-order valence-electron chi connectivity index (χ3n) is 5.48. The van der Waals surface area contributed by atoms with Gasteiger partial charge in [-0.3, -0.25) is 9.58 Å². The van der Waals surface area contributed by atoms with Gasteiger partial charge in [-0.2, -0.15) is 5.10 Å². The maximum Gasteiger partial charge on any atom is 0.160 e. The lowest BCUT2D eigenvalue weighted by molar-refractivity contribution is 0.291. The Kier molecular flexibility index (Phi) is 8.12. The number of nitrogens with one attached hydrogen (secondary N) is 1. The predicted molar refractivity (Wildman–Crippen MR) is 133 cm³/mol. The maximum absolute atomic E-state index is 10.4. The molecule has 2 heterocycles. The van der Waals surface area contributed by atoms with Gasteiger partial charge in [0.15, 0.2) is 5.65 Å². The number of rotatable bonds is 6. The molecule has 6 nitrogen and oxygen atoms in total. The van der Waals surface area contributed by atoms with Crippen LogP contribution in [0.4, 0.5) is 11.4 Å². The van der Waals surface area contributed by atoms with Gasteiger partial charge in [-0.05, 0) is 44.3 Å². The van der Waals surface area contributed by atoms with E-state index in [0.29, 0.717) is 12.3 Å². The molecule has 0 saturated carbocycles. The minimum Gasteiger partial charge on any atom is -0.508 e. The monoisotopic (exact) mass is 461 g/mol. The molecule has 166 valence electrons. The number of aryl methyl sites for hydroxylation is 2. The largest absolute Gasteiger partial charge is 0.508 e. The molecule has 0 radical (unpaired) electrons. The molecule has 2 aromatic carbocycles. The molecule has 0 unspecified atom stereocenters. The van der Waals surface area contributed by atoms with Gasteiger partial charge in [0, 0.05) is 30.2 Å². The first kappa shape index (κ1) is 24.7. The molecular weight excluding hydrogens is 433 g/mol. The number of benzene rings is 2.